The Morgan fingerprint density at radius 2 is 1.40 bits per heavy atom. The van der Waals surface area contributed by atoms with E-state index in [0.29, 0.717) is 22.7 Å². The van der Waals surface area contributed by atoms with E-state index in [4.69, 9.17) is 14.2 Å². The van der Waals surface area contributed by atoms with E-state index < -0.39 is 0 Å². The van der Waals surface area contributed by atoms with Gasteiger partial charge in [-0.1, -0.05) is 24.3 Å². The van der Waals surface area contributed by atoms with E-state index in [0.717, 1.165) is 16.5 Å². The van der Waals surface area contributed by atoms with Crippen molar-refractivity contribution in [3.8, 4) is 17.2 Å². The maximum absolute atomic E-state index is 12.8. The lowest BCUT2D eigenvalue weighted by Gasteiger charge is -2.12. The van der Waals surface area contributed by atoms with Crippen LogP contribution in [0.25, 0.3) is 10.8 Å². The quantitative estimate of drug-likeness (QED) is 0.761. The number of anilines is 1. The predicted molar refractivity (Wildman–Crippen MR) is 98.0 cm³/mol. The van der Waals surface area contributed by atoms with Crippen LogP contribution in [-0.2, 0) is 0 Å². The van der Waals surface area contributed by atoms with Crippen molar-refractivity contribution in [3.05, 3.63) is 60.2 Å². The first kappa shape index (κ1) is 16.6. The molecule has 0 spiro atoms. The monoisotopic (exact) mass is 337 g/mol. The van der Waals surface area contributed by atoms with Crippen molar-refractivity contribution >= 4 is 22.4 Å². The van der Waals surface area contributed by atoms with Gasteiger partial charge in [-0.3, -0.25) is 4.79 Å². The third kappa shape index (κ3) is 3.21. The predicted octanol–water partition coefficient (Wildman–Crippen LogP) is 4.12. The lowest BCUT2D eigenvalue weighted by molar-refractivity contribution is 0.102. The number of fused-ring (bicyclic) bond motifs is 1. The fraction of sp³-hybridized carbons (Fsp3) is 0.150. The second-order valence-corrected chi connectivity index (χ2v) is 5.38. The fourth-order valence-electron chi connectivity index (χ4n) is 2.76. The summed E-state index contributed by atoms with van der Waals surface area (Å²) in [7, 11) is 4.74. The number of benzene rings is 3. The van der Waals surface area contributed by atoms with Crippen molar-refractivity contribution in [2.45, 2.75) is 0 Å². The average molecular weight is 337 g/mol. The normalized spacial score (nSPS) is 10.4. The smallest absolute Gasteiger partial charge is 0.256 e. The molecule has 3 aromatic carbocycles. The molecule has 3 rings (SSSR count). The van der Waals surface area contributed by atoms with Crippen LogP contribution in [0.2, 0.25) is 0 Å². The molecule has 0 radical (unpaired) electrons. The molecular formula is C20H19NO4. The van der Waals surface area contributed by atoms with Gasteiger partial charge in [-0.25, -0.2) is 0 Å². The van der Waals surface area contributed by atoms with Gasteiger partial charge in [-0.2, -0.15) is 0 Å². The molecule has 0 atom stereocenters. The van der Waals surface area contributed by atoms with Gasteiger partial charge < -0.3 is 19.5 Å². The summed E-state index contributed by atoms with van der Waals surface area (Å²) in [4.78, 5) is 12.8. The minimum atomic E-state index is -0.203. The minimum absolute atomic E-state index is 0.203. The Balaban J connectivity index is 1.96. The van der Waals surface area contributed by atoms with Crippen LogP contribution >= 0.6 is 0 Å². The standard InChI is InChI=1S/C20H19NO4/c1-23-17-11-9-16(14-6-4-5-7-15(14)17)20(22)21-13-8-10-18(24-2)19(12-13)25-3/h4-12H,1-3H3,(H,21,22). The highest BCUT2D eigenvalue weighted by molar-refractivity contribution is 6.14. The van der Waals surface area contributed by atoms with Crippen molar-refractivity contribution in [2.75, 3.05) is 26.6 Å². The number of carbonyl (C=O) groups is 1. The number of hydrogen-bond donors (Lipinski definition) is 1. The summed E-state index contributed by atoms with van der Waals surface area (Å²) in [5, 5.41) is 4.63. The summed E-state index contributed by atoms with van der Waals surface area (Å²) >= 11 is 0. The molecule has 0 saturated carbocycles. The summed E-state index contributed by atoms with van der Waals surface area (Å²) in [6, 6.07) is 16.5. The molecule has 5 heteroatoms. The Morgan fingerprint density at radius 3 is 2.08 bits per heavy atom. The first-order chi connectivity index (χ1) is 12.2. The topological polar surface area (TPSA) is 56.8 Å². The van der Waals surface area contributed by atoms with Crippen molar-refractivity contribution in [2.24, 2.45) is 0 Å². The zero-order valence-corrected chi connectivity index (χ0v) is 14.3. The highest BCUT2D eigenvalue weighted by atomic mass is 16.5. The van der Waals surface area contributed by atoms with Crippen molar-refractivity contribution < 1.29 is 19.0 Å². The molecule has 1 N–H and O–H groups in total. The SMILES string of the molecule is COc1ccc(NC(=O)c2ccc(OC)c3ccccc23)cc1OC. The molecule has 0 unspecified atom stereocenters. The molecule has 25 heavy (non-hydrogen) atoms. The minimum Gasteiger partial charge on any atom is -0.496 e. The molecule has 5 nitrogen and oxygen atoms in total. The number of nitrogens with one attached hydrogen (secondary N) is 1. The molecule has 1 amide bonds. The van der Waals surface area contributed by atoms with Crippen molar-refractivity contribution in [1.29, 1.82) is 0 Å². The van der Waals surface area contributed by atoms with Gasteiger partial charge in [0, 0.05) is 22.7 Å². The van der Waals surface area contributed by atoms with Gasteiger partial charge >= 0.3 is 0 Å². The van der Waals surface area contributed by atoms with Crippen LogP contribution in [0.5, 0.6) is 17.2 Å². The number of hydrogen-bond acceptors (Lipinski definition) is 4. The average Bonchev–Trinajstić information content (AvgIpc) is 2.66. The molecular weight excluding hydrogens is 318 g/mol. The van der Waals surface area contributed by atoms with Crippen LogP contribution in [0.1, 0.15) is 10.4 Å². The van der Waals surface area contributed by atoms with Gasteiger partial charge in [-0.15, -0.1) is 0 Å². The molecule has 0 heterocycles. The molecule has 0 bridgehead atoms. The Hall–Kier alpha value is -3.21. The molecule has 0 aromatic heterocycles. The van der Waals surface area contributed by atoms with Crippen LogP contribution in [0.15, 0.2) is 54.6 Å². The van der Waals surface area contributed by atoms with Crippen LogP contribution in [0.3, 0.4) is 0 Å². The maximum atomic E-state index is 12.8. The number of rotatable bonds is 5. The van der Waals surface area contributed by atoms with Gasteiger partial charge in [0.15, 0.2) is 11.5 Å². The molecule has 3 aromatic rings. The summed E-state index contributed by atoms with van der Waals surface area (Å²) in [6.07, 6.45) is 0. The van der Waals surface area contributed by atoms with Crippen molar-refractivity contribution in [1.82, 2.24) is 0 Å². The van der Waals surface area contributed by atoms with Gasteiger partial charge in [0.1, 0.15) is 5.75 Å². The van der Waals surface area contributed by atoms with E-state index in [-0.39, 0.29) is 5.91 Å². The van der Waals surface area contributed by atoms with Gasteiger partial charge in [-0.05, 0) is 29.7 Å². The highest BCUT2D eigenvalue weighted by Gasteiger charge is 2.14. The van der Waals surface area contributed by atoms with E-state index in [2.05, 4.69) is 5.32 Å². The number of carbonyl (C=O) groups excluding carboxylic acids is 1. The van der Waals surface area contributed by atoms with Crippen molar-refractivity contribution in [3.63, 3.8) is 0 Å². The summed E-state index contributed by atoms with van der Waals surface area (Å²) in [5.74, 6) is 1.69. The van der Waals surface area contributed by atoms with E-state index in [1.54, 1.807) is 51.7 Å². The van der Waals surface area contributed by atoms with Gasteiger partial charge in [0.2, 0.25) is 0 Å². The number of ether oxygens (including phenoxy) is 3. The molecule has 0 saturated heterocycles. The third-order valence-corrected chi connectivity index (χ3v) is 3.99. The first-order valence-corrected chi connectivity index (χ1v) is 7.77. The Kier molecular flexibility index (Phi) is 4.75. The molecule has 0 aliphatic carbocycles. The Morgan fingerprint density at radius 1 is 0.760 bits per heavy atom. The van der Waals surface area contributed by atoms with Crippen LogP contribution in [0, 0.1) is 0 Å². The number of methoxy groups -OCH3 is 3. The molecule has 0 aliphatic rings. The van der Waals surface area contributed by atoms with E-state index in [1.165, 1.54) is 0 Å². The third-order valence-electron chi connectivity index (χ3n) is 3.99. The highest BCUT2D eigenvalue weighted by Crippen LogP contribution is 2.31. The largest absolute Gasteiger partial charge is 0.496 e. The maximum Gasteiger partial charge on any atom is 0.256 e. The summed E-state index contributed by atoms with van der Waals surface area (Å²) in [6.45, 7) is 0. The van der Waals surface area contributed by atoms with Crippen LogP contribution in [-0.4, -0.2) is 27.2 Å². The van der Waals surface area contributed by atoms with Crippen LogP contribution < -0.4 is 19.5 Å². The second-order valence-electron chi connectivity index (χ2n) is 5.38. The zero-order chi connectivity index (χ0) is 17.8. The van der Waals surface area contributed by atoms with E-state index in [9.17, 15) is 4.79 Å². The molecule has 0 fully saturated rings. The van der Waals surface area contributed by atoms with Crippen LogP contribution in [0.4, 0.5) is 5.69 Å². The zero-order valence-electron chi connectivity index (χ0n) is 14.3. The number of amides is 1. The van der Waals surface area contributed by atoms with Gasteiger partial charge in [0.25, 0.3) is 5.91 Å². The van der Waals surface area contributed by atoms with Gasteiger partial charge in [0.05, 0.1) is 21.3 Å². The summed E-state index contributed by atoms with van der Waals surface area (Å²) in [5.41, 5.74) is 1.20. The first-order valence-electron chi connectivity index (χ1n) is 7.77. The summed E-state index contributed by atoms with van der Waals surface area (Å²) < 4.78 is 15.9. The Labute approximate surface area is 146 Å². The lowest BCUT2D eigenvalue weighted by atomic mass is 10.0. The molecule has 128 valence electrons. The van der Waals surface area contributed by atoms with E-state index >= 15 is 0 Å². The molecule has 0 aliphatic heterocycles. The lowest BCUT2D eigenvalue weighted by Crippen LogP contribution is -2.12. The fourth-order valence-corrected chi connectivity index (χ4v) is 2.76. The Bertz CT molecular complexity index is 921. The van der Waals surface area contributed by atoms with E-state index in [1.807, 2.05) is 24.3 Å². The second kappa shape index (κ2) is 7.13.